The van der Waals surface area contributed by atoms with Gasteiger partial charge in [0, 0.05) is 24.2 Å². The summed E-state index contributed by atoms with van der Waals surface area (Å²) in [5.74, 6) is 0. The Morgan fingerprint density at radius 1 is 1.73 bits per heavy atom. The lowest BCUT2D eigenvalue weighted by Crippen LogP contribution is -2.16. The van der Waals surface area contributed by atoms with Gasteiger partial charge in [-0.15, -0.1) is 0 Å². The van der Waals surface area contributed by atoms with Gasteiger partial charge in [0.25, 0.3) is 0 Å². The first-order valence-electron chi connectivity index (χ1n) is 3.26. The van der Waals surface area contributed by atoms with Crippen LogP contribution < -0.4 is 10.2 Å². The third-order valence-electron chi connectivity index (χ3n) is 1.16. The summed E-state index contributed by atoms with van der Waals surface area (Å²) >= 11 is 1.12. The molecule has 0 radical (unpaired) electrons. The van der Waals surface area contributed by atoms with Gasteiger partial charge in [0.1, 0.15) is 6.67 Å². The fraction of sp³-hybridized carbons (Fsp3) is 0.500. The second kappa shape index (κ2) is 4.25. The van der Waals surface area contributed by atoms with Crippen molar-refractivity contribution >= 4 is 11.3 Å². The van der Waals surface area contributed by atoms with Crippen LogP contribution in [0.1, 0.15) is 5.69 Å². The molecule has 0 aliphatic heterocycles. The zero-order valence-corrected chi connectivity index (χ0v) is 6.71. The highest BCUT2D eigenvalue weighted by atomic mass is 32.1. The Balaban J connectivity index is 2.33. The minimum absolute atomic E-state index is 0.0675. The molecule has 1 aromatic heterocycles. The third-order valence-corrected chi connectivity index (χ3v) is 1.88. The molecule has 0 atom stereocenters. The van der Waals surface area contributed by atoms with Crippen LogP contribution in [0.4, 0.5) is 4.39 Å². The number of alkyl halides is 1. The highest BCUT2D eigenvalue weighted by molar-refractivity contribution is 7.07. The van der Waals surface area contributed by atoms with Gasteiger partial charge in [0.2, 0.25) is 0 Å². The number of nitrogens with one attached hydrogen (secondary N) is 2. The number of hydrogen-bond acceptors (Lipinski definition) is 3. The van der Waals surface area contributed by atoms with E-state index in [1.54, 1.807) is 5.38 Å². The molecule has 0 aromatic carbocycles. The molecule has 0 saturated carbocycles. The van der Waals surface area contributed by atoms with Gasteiger partial charge in [-0.2, -0.15) is 0 Å². The number of H-pyrrole nitrogens is 1. The Kier molecular flexibility index (Phi) is 3.25. The molecule has 0 bridgehead atoms. The molecule has 0 unspecified atom stereocenters. The number of aromatic nitrogens is 1. The Morgan fingerprint density at radius 2 is 2.55 bits per heavy atom. The van der Waals surface area contributed by atoms with Crippen LogP contribution in [-0.2, 0) is 6.54 Å². The van der Waals surface area contributed by atoms with Crippen LogP contribution in [0.25, 0.3) is 0 Å². The van der Waals surface area contributed by atoms with Gasteiger partial charge in [-0.25, -0.2) is 4.39 Å². The van der Waals surface area contributed by atoms with E-state index >= 15 is 0 Å². The van der Waals surface area contributed by atoms with Crippen molar-refractivity contribution in [3.8, 4) is 0 Å². The lowest BCUT2D eigenvalue weighted by atomic mass is 10.5. The summed E-state index contributed by atoms with van der Waals surface area (Å²) in [7, 11) is 0. The summed E-state index contributed by atoms with van der Waals surface area (Å²) in [6.45, 7) is 0.481. The van der Waals surface area contributed by atoms with E-state index in [0.717, 1.165) is 17.0 Å². The van der Waals surface area contributed by atoms with Crippen LogP contribution in [0, 0.1) is 0 Å². The number of rotatable bonds is 4. The SMILES string of the molecule is O=c1[nH]c(CNCCF)cs1. The molecule has 1 aromatic rings. The average molecular weight is 176 g/mol. The van der Waals surface area contributed by atoms with E-state index in [1.165, 1.54) is 0 Å². The first-order chi connectivity index (χ1) is 5.33. The number of hydrogen-bond donors (Lipinski definition) is 2. The zero-order chi connectivity index (χ0) is 8.10. The predicted octanol–water partition coefficient (Wildman–Crippen LogP) is 0.496. The van der Waals surface area contributed by atoms with Gasteiger partial charge in [-0.3, -0.25) is 4.79 Å². The largest absolute Gasteiger partial charge is 0.315 e. The second-order valence-electron chi connectivity index (χ2n) is 2.04. The molecule has 0 fully saturated rings. The smallest absolute Gasteiger partial charge is 0.304 e. The number of halogens is 1. The molecular formula is C6H9FN2OS. The van der Waals surface area contributed by atoms with Crippen molar-refractivity contribution in [1.82, 2.24) is 10.3 Å². The summed E-state index contributed by atoms with van der Waals surface area (Å²) in [5.41, 5.74) is 0.813. The van der Waals surface area contributed by atoms with Crippen LogP contribution in [-0.4, -0.2) is 18.2 Å². The van der Waals surface area contributed by atoms with E-state index in [4.69, 9.17) is 0 Å². The predicted molar refractivity (Wildman–Crippen MR) is 42.6 cm³/mol. The van der Waals surface area contributed by atoms with Crippen molar-refractivity contribution in [2.24, 2.45) is 0 Å². The maximum absolute atomic E-state index is 11.6. The number of aromatic amines is 1. The van der Waals surface area contributed by atoms with E-state index in [0.29, 0.717) is 13.1 Å². The molecule has 0 aliphatic rings. The Hall–Kier alpha value is -0.680. The van der Waals surface area contributed by atoms with Gasteiger partial charge in [0.15, 0.2) is 0 Å². The normalized spacial score (nSPS) is 10.3. The maximum Gasteiger partial charge on any atom is 0.304 e. The van der Waals surface area contributed by atoms with Gasteiger partial charge in [0.05, 0.1) is 0 Å². The molecule has 11 heavy (non-hydrogen) atoms. The fourth-order valence-corrected chi connectivity index (χ4v) is 1.27. The standard InChI is InChI=1S/C6H9FN2OS/c7-1-2-8-3-5-4-11-6(10)9-5/h4,8H,1-3H2,(H,9,10). The molecule has 0 saturated heterocycles. The van der Waals surface area contributed by atoms with Crippen molar-refractivity contribution in [3.63, 3.8) is 0 Å². The fourth-order valence-electron chi connectivity index (χ4n) is 0.690. The minimum atomic E-state index is -0.381. The monoisotopic (exact) mass is 176 g/mol. The lowest BCUT2D eigenvalue weighted by molar-refractivity contribution is 0.466. The van der Waals surface area contributed by atoms with Gasteiger partial charge >= 0.3 is 4.87 Å². The summed E-state index contributed by atoms with van der Waals surface area (Å²) in [4.78, 5) is 13.1. The highest BCUT2D eigenvalue weighted by Gasteiger charge is 1.94. The van der Waals surface area contributed by atoms with Crippen LogP contribution in [0.2, 0.25) is 0 Å². The molecule has 1 heterocycles. The molecule has 0 aliphatic carbocycles. The Bertz CT molecular complexity index is 257. The Morgan fingerprint density at radius 3 is 3.09 bits per heavy atom. The molecule has 3 nitrogen and oxygen atoms in total. The van der Waals surface area contributed by atoms with E-state index in [1.807, 2.05) is 0 Å². The molecule has 0 spiro atoms. The minimum Gasteiger partial charge on any atom is -0.315 e. The van der Waals surface area contributed by atoms with Crippen molar-refractivity contribution in [2.75, 3.05) is 13.2 Å². The van der Waals surface area contributed by atoms with Crippen molar-refractivity contribution in [1.29, 1.82) is 0 Å². The topological polar surface area (TPSA) is 44.9 Å². The van der Waals surface area contributed by atoms with Crippen molar-refractivity contribution in [3.05, 3.63) is 20.7 Å². The van der Waals surface area contributed by atoms with Crippen LogP contribution in [0.3, 0.4) is 0 Å². The van der Waals surface area contributed by atoms with Crippen molar-refractivity contribution in [2.45, 2.75) is 6.54 Å². The molecule has 0 amide bonds. The van der Waals surface area contributed by atoms with Gasteiger partial charge < -0.3 is 10.3 Å². The van der Waals surface area contributed by atoms with Crippen LogP contribution >= 0.6 is 11.3 Å². The summed E-state index contributed by atoms with van der Waals surface area (Å²) in [5, 5.41) is 4.56. The average Bonchev–Trinajstić information content (AvgIpc) is 2.37. The summed E-state index contributed by atoms with van der Waals surface area (Å²) < 4.78 is 11.6. The van der Waals surface area contributed by atoms with E-state index in [2.05, 4.69) is 10.3 Å². The molecule has 62 valence electrons. The van der Waals surface area contributed by atoms with Gasteiger partial charge in [-0.1, -0.05) is 11.3 Å². The quantitative estimate of drug-likeness (QED) is 0.656. The van der Waals surface area contributed by atoms with E-state index in [9.17, 15) is 9.18 Å². The molecule has 5 heteroatoms. The number of thiazole rings is 1. The van der Waals surface area contributed by atoms with Crippen molar-refractivity contribution < 1.29 is 4.39 Å². The Labute approximate surface area is 67.3 Å². The third kappa shape index (κ3) is 2.81. The molecular weight excluding hydrogens is 167 g/mol. The first kappa shape index (κ1) is 8.42. The van der Waals surface area contributed by atoms with Crippen LogP contribution in [0.15, 0.2) is 10.2 Å². The zero-order valence-electron chi connectivity index (χ0n) is 5.89. The second-order valence-corrected chi connectivity index (χ2v) is 2.88. The van der Waals surface area contributed by atoms with Crippen LogP contribution in [0.5, 0.6) is 0 Å². The molecule has 2 N–H and O–H groups in total. The first-order valence-corrected chi connectivity index (χ1v) is 4.14. The van der Waals surface area contributed by atoms with Gasteiger partial charge in [-0.05, 0) is 0 Å². The summed E-state index contributed by atoms with van der Waals surface area (Å²) in [6, 6.07) is 0. The highest BCUT2D eigenvalue weighted by Crippen LogP contribution is 1.93. The maximum atomic E-state index is 11.6. The van der Waals surface area contributed by atoms with E-state index in [-0.39, 0.29) is 11.5 Å². The summed E-state index contributed by atoms with van der Waals surface area (Å²) in [6.07, 6.45) is 0. The lowest BCUT2D eigenvalue weighted by Gasteiger charge is -1.96. The van der Waals surface area contributed by atoms with E-state index < -0.39 is 0 Å². The molecule has 1 rings (SSSR count).